The van der Waals surface area contributed by atoms with Crippen molar-refractivity contribution in [3.63, 3.8) is 0 Å². The van der Waals surface area contributed by atoms with E-state index in [1.165, 1.54) is 36.1 Å². The summed E-state index contributed by atoms with van der Waals surface area (Å²) < 4.78 is 40.0. The Kier molecular flexibility index (Phi) is 21.8. The van der Waals surface area contributed by atoms with Gasteiger partial charge in [0.1, 0.15) is 6.61 Å². The van der Waals surface area contributed by atoms with Gasteiger partial charge in [-0.25, -0.2) is 0 Å². The molecule has 0 spiro atoms. The van der Waals surface area contributed by atoms with Crippen molar-refractivity contribution in [2.24, 2.45) is 0 Å². The van der Waals surface area contributed by atoms with Gasteiger partial charge in [-0.1, -0.05) is 120 Å². The second-order valence-corrected chi connectivity index (χ2v) is 16.6. The Bertz CT molecular complexity index is 960. The molecule has 0 unspecified atom stereocenters. The highest BCUT2D eigenvalue weighted by atomic mass is 28.4. The summed E-state index contributed by atoms with van der Waals surface area (Å²) in [5, 5.41) is 2.48. The zero-order chi connectivity index (χ0) is 33.2. The number of hydrogen-bond donors (Lipinski definition) is 0. The number of carbonyl (C=O) groups excluding carboxylic acids is 1. The number of hydrogen-bond acceptors (Lipinski definition) is 8. The van der Waals surface area contributed by atoms with Crippen molar-refractivity contribution >= 4 is 24.7 Å². The van der Waals surface area contributed by atoms with E-state index in [4.69, 9.17) is 32.8 Å². The summed E-state index contributed by atoms with van der Waals surface area (Å²) in [5.74, 6) is -0.138. The van der Waals surface area contributed by atoms with E-state index in [-0.39, 0.29) is 11.0 Å². The molecule has 2 aromatic rings. The van der Waals surface area contributed by atoms with Crippen LogP contribution in [0.1, 0.15) is 72.6 Å². The van der Waals surface area contributed by atoms with Crippen molar-refractivity contribution in [3.8, 4) is 0 Å². The average molecular weight is 661 g/mol. The van der Waals surface area contributed by atoms with Crippen LogP contribution in [0.25, 0.3) is 0 Å². The zero-order valence-corrected chi connectivity index (χ0v) is 30.0. The molecule has 46 heavy (non-hydrogen) atoms. The van der Waals surface area contributed by atoms with E-state index >= 15 is 0 Å². The number of benzene rings is 2. The lowest BCUT2D eigenvalue weighted by Crippen LogP contribution is -2.66. The van der Waals surface area contributed by atoms with Crippen LogP contribution in [0.2, 0.25) is 5.04 Å². The lowest BCUT2D eigenvalue weighted by Gasteiger charge is -2.43. The van der Waals surface area contributed by atoms with Gasteiger partial charge in [-0.05, 0) is 21.8 Å². The molecule has 0 N–H and O–H groups in total. The molecule has 8 nitrogen and oxygen atoms in total. The van der Waals surface area contributed by atoms with Crippen LogP contribution in [0.4, 0.5) is 0 Å². The van der Waals surface area contributed by atoms with Crippen LogP contribution in [-0.4, -0.2) is 93.6 Å². The number of rotatable bonds is 28. The van der Waals surface area contributed by atoms with Crippen LogP contribution in [-0.2, 0) is 37.6 Å². The van der Waals surface area contributed by atoms with E-state index in [2.05, 4.69) is 88.4 Å². The van der Waals surface area contributed by atoms with Crippen LogP contribution in [0.15, 0.2) is 60.7 Å². The summed E-state index contributed by atoms with van der Waals surface area (Å²) in [4.78, 5) is 11.7. The smallest absolute Gasteiger partial charge is 0.305 e. The predicted octanol–water partition coefficient (Wildman–Crippen LogP) is 5.94. The Morgan fingerprint density at radius 2 is 0.935 bits per heavy atom. The molecule has 0 heterocycles. The second kappa shape index (κ2) is 25.0. The van der Waals surface area contributed by atoms with E-state index in [1.807, 2.05) is 0 Å². The van der Waals surface area contributed by atoms with Gasteiger partial charge in [0.25, 0.3) is 8.32 Å². The maximum atomic E-state index is 11.7. The average Bonchev–Trinajstić information content (AvgIpc) is 3.05. The summed E-state index contributed by atoms with van der Waals surface area (Å²) >= 11 is 0. The molecule has 0 aliphatic heterocycles. The first-order chi connectivity index (χ1) is 22.4. The fraction of sp³-hybridized carbons (Fsp3) is 0.649. The molecule has 2 rings (SSSR count). The quantitative estimate of drug-likeness (QED) is 0.0631. The Morgan fingerprint density at radius 1 is 0.543 bits per heavy atom. The van der Waals surface area contributed by atoms with E-state index in [0.29, 0.717) is 85.7 Å². The fourth-order valence-electron chi connectivity index (χ4n) is 5.33. The van der Waals surface area contributed by atoms with Gasteiger partial charge in [-0.3, -0.25) is 4.79 Å². The number of unbranched alkanes of at least 4 members (excludes halogenated alkanes) is 5. The molecule has 0 atom stereocenters. The predicted molar refractivity (Wildman–Crippen MR) is 187 cm³/mol. The summed E-state index contributed by atoms with van der Waals surface area (Å²) in [6.07, 6.45) is 7.45. The number of ether oxygens (including phenoxy) is 6. The van der Waals surface area contributed by atoms with Crippen LogP contribution in [0.5, 0.6) is 0 Å². The van der Waals surface area contributed by atoms with Crippen LogP contribution < -0.4 is 10.4 Å². The summed E-state index contributed by atoms with van der Waals surface area (Å²) in [7, 11) is -2.53. The van der Waals surface area contributed by atoms with Gasteiger partial charge in [-0.2, -0.15) is 0 Å². The highest BCUT2D eigenvalue weighted by molar-refractivity contribution is 6.99. The van der Waals surface area contributed by atoms with Gasteiger partial charge in [0, 0.05) is 6.42 Å². The lowest BCUT2D eigenvalue weighted by atomic mass is 10.1. The summed E-state index contributed by atoms with van der Waals surface area (Å²) in [6.45, 7) is 14.7. The first-order valence-electron chi connectivity index (χ1n) is 17.2. The molecule has 2 aromatic carbocycles. The topological polar surface area (TPSA) is 81.7 Å². The molecule has 9 heteroatoms. The molecule has 0 saturated heterocycles. The third-order valence-corrected chi connectivity index (χ3v) is 12.7. The van der Waals surface area contributed by atoms with E-state index in [0.717, 1.165) is 12.8 Å². The maximum Gasteiger partial charge on any atom is 0.305 e. The van der Waals surface area contributed by atoms with E-state index in [1.54, 1.807) is 0 Å². The van der Waals surface area contributed by atoms with Crippen molar-refractivity contribution in [2.75, 3.05) is 79.3 Å². The molecular formula is C37H60O8Si. The van der Waals surface area contributed by atoms with Crippen molar-refractivity contribution in [2.45, 2.75) is 77.7 Å². The summed E-state index contributed by atoms with van der Waals surface area (Å²) in [5.41, 5.74) is 0. The molecule has 260 valence electrons. The highest BCUT2D eigenvalue weighted by Gasteiger charge is 2.50. The van der Waals surface area contributed by atoms with Gasteiger partial charge in [0.2, 0.25) is 0 Å². The first-order valence-corrected chi connectivity index (χ1v) is 19.1. The largest absolute Gasteiger partial charge is 0.463 e. The molecule has 0 aliphatic carbocycles. The number of carbonyl (C=O) groups is 1. The van der Waals surface area contributed by atoms with Crippen molar-refractivity contribution in [3.05, 3.63) is 60.7 Å². The van der Waals surface area contributed by atoms with Gasteiger partial charge in [0.05, 0.1) is 72.7 Å². The van der Waals surface area contributed by atoms with E-state index in [9.17, 15) is 4.79 Å². The Balaban J connectivity index is 1.43. The van der Waals surface area contributed by atoms with Gasteiger partial charge in [-0.15, -0.1) is 0 Å². The molecule has 0 radical (unpaired) electrons. The third-order valence-electron chi connectivity index (χ3n) is 7.68. The lowest BCUT2D eigenvalue weighted by molar-refractivity contribution is -0.145. The molecule has 0 saturated carbocycles. The normalized spacial score (nSPS) is 12.0. The minimum absolute atomic E-state index is 0.0536. The molecular weight excluding hydrogens is 600 g/mol. The van der Waals surface area contributed by atoms with Gasteiger partial charge >= 0.3 is 5.97 Å². The monoisotopic (exact) mass is 660 g/mol. The Labute approximate surface area is 279 Å². The SMILES string of the molecule is CCCCCCCCC(=O)OCCOCCOCCOCCOCCOCCO[Si](c1ccccc1)(c1ccccc1)C(C)(C)C. The van der Waals surface area contributed by atoms with Crippen LogP contribution in [0, 0.1) is 0 Å². The first kappa shape index (κ1) is 40.1. The Morgan fingerprint density at radius 3 is 1.37 bits per heavy atom. The summed E-state index contributed by atoms with van der Waals surface area (Å²) in [6, 6.07) is 21.3. The van der Waals surface area contributed by atoms with Crippen LogP contribution in [0.3, 0.4) is 0 Å². The molecule has 0 bridgehead atoms. The minimum atomic E-state index is -2.53. The molecule has 0 fully saturated rings. The Hall–Kier alpha value is -2.11. The molecule has 0 aromatic heterocycles. The van der Waals surface area contributed by atoms with Crippen molar-refractivity contribution < 1.29 is 37.6 Å². The molecule has 0 aliphatic rings. The molecule has 0 amide bonds. The fourth-order valence-corrected chi connectivity index (χ4v) is 9.88. The minimum Gasteiger partial charge on any atom is -0.463 e. The van der Waals surface area contributed by atoms with Gasteiger partial charge in [0.15, 0.2) is 0 Å². The zero-order valence-electron chi connectivity index (χ0n) is 29.0. The standard InChI is InChI=1S/C37H60O8Si/c1-5-6-7-8-9-16-21-36(38)44-32-30-42-28-26-40-24-22-39-23-25-41-27-29-43-31-33-45-46(37(2,3)4,34-17-12-10-13-18-34)35-19-14-11-15-20-35/h10-15,17-20H,5-9,16,21-33H2,1-4H3. The van der Waals surface area contributed by atoms with Crippen LogP contribution >= 0.6 is 0 Å². The van der Waals surface area contributed by atoms with Gasteiger partial charge < -0.3 is 32.8 Å². The maximum absolute atomic E-state index is 11.7. The van der Waals surface area contributed by atoms with Crippen molar-refractivity contribution in [1.82, 2.24) is 0 Å². The number of esters is 1. The highest BCUT2D eigenvalue weighted by Crippen LogP contribution is 2.36. The third kappa shape index (κ3) is 16.1. The second-order valence-electron chi connectivity index (χ2n) is 12.3. The van der Waals surface area contributed by atoms with Crippen molar-refractivity contribution in [1.29, 1.82) is 0 Å². The van der Waals surface area contributed by atoms with E-state index < -0.39 is 8.32 Å².